The third-order valence-electron chi connectivity index (χ3n) is 6.46. The second-order valence-electron chi connectivity index (χ2n) is 8.84. The second kappa shape index (κ2) is 9.36. The van der Waals surface area contributed by atoms with Crippen LogP contribution < -0.4 is 14.8 Å². The van der Waals surface area contributed by atoms with Gasteiger partial charge in [0.15, 0.2) is 0 Å². The van der Waals surface area contributed by atoms with E-state index in [2.05, 4.69) is 22.3 Å². The van der Waals surface area contributed by atoms with Crippen LogP contribution in [0.2, 0.25) is 0 Å². The standard InChI is InChI=1S/C24H32N6O4/c1-7-34-20-12-19(29(5)27-20)22(31)25-17-8-9-30(13-15(17)3)23(32)16-10-14(2)21-18(11-16)28(4)24(26-21)33-6/h10-12,15,17H,7-9,13H2,1-6H3,(H,25,31)/t15-,17+/m0/s1. The van der Waals surface area contributed by atoms with E-state index in [4.69, 9.17) is 9.47 Å². The number of carbonyl (C=O) groups excluding carboxylic acids is 2. The number of benzene rings is 1. The summed E-state index contributed by atoms with van der Waals surface area (Å²) in [6.45, 7) is 7.49. The molecular formula is C24H32N6O4. The zero-order valence-corrected chi connectivity index (χ0v) is 20.6. The first kappa shape index (κ1) is 23.6. The minimum absolute atomic E-state index is 0.0187. The number of piperidine rings is 1. The summed E-state index contributed by atoms with van der Waals surface area (Å²) >= 11 is 0. The predicted octanol–water partition coefficient (Wildman–Crippen LogP) is 2.30. The van der Waals surface area contributed by atoms with Crippen LogP contribution in [-0.2, 0) is 14.1 Å². The Balaban J connectivity index is 1.44. The van der Waals surface area contributed by atoms with E-state index in [0.29, 0.717) is 49.3 Å². The number of nitrogens with zero attached hydrogens (tertiary/aromatic N) is 5. The molecule has 1 aromatic carbocycles. The third-order valence-corrected chi connectivity index (χ3v) is 6.46. The minimum Gasteiger partial charge on any atom is -0.477 e. The summed E-state index contributed by atoms with van der Waals surface area (Å²) in [4.78, 5) is 32.5. The molecule has 10 heteroatoms. The Morgan fingerprint density at radius 2 is 2.00 bits per heavy atom. The van der Waals surface area contributed by atoms with Crippen LogP contribution in [0.5, 0.6) is 11.9 Å². The lowest BCUT2D eigenvalue weighted by atomic mass is 9.93. The molecule has 1 N–H and O–H groups in total. The molecular weight excluding hydrogens is 436 g/mol. The van der Waals surface area contributed by atoms with Crippen molar-refractivity contribution in [3.05, 3.63) is 35.0 Å². The number of nitrogens with one attached hydrogen (secondary N) is 1. The molecule has 0 unspecified atom stereocenters. The summed E-state index contributed by atoms with van der Waals surface area (Å²) in [6.07, 6.45) is 0.676. The average molecular weight is 469 g/mol. The minimum atomic E-state index is -0.191. The molecule has 3 heterocycles. The van der Waals surface area contributed by atoms with Gasteiger partial charge in [0.1, 0.15) is 5.69 Å². The fraction of sp³-hybridized carbons (Fsp3) is 0.500. The average Bonchev–Trinajstić information content (AvgIpc) is 3.34. The Labute approximate surface area is 198 Å². The fourth-order valence-corrected chi connectivity index (χ4v) is 4.58. The molecule has 34 heavy (non-hydrogen) atoms. The molecule has 182 valence electrons. The van der Waals surface area contributed by atoms with E-state index in [1.807, 2.05) is 42.5 Å². The van der Waals surface area contributed by atoms with Crippen LogP contribution in [-0.4, -0.2) is 68.9 Å². The van der Waals surface area contributed by atoms with Crippen molar-refractivity contribution in [2.75, 3.05) is 26.8 Å². The highest BCUT2D eigenvalue weighted by Gasteiger charge is 2.31. The van der Waals surface area contributed by atoms with Gasteiger partial charge in [-0.1, -0.05) is 6.92 Å². The lowest BCUT2D eigenvalue weighted by molar-refractivity contribution is 0.0632. The van der Waals surface area contributed by atoms with Crippen molar-refractivity contribution >= 4 is 22.8 Å². The zero-order valence-electron chi connectivity index (χ0n) is 20.6. The molecule has 4 rings (SSSR count). The van der Waals surface area contributed by atoms with Gasteiger partial charge in [0.05, 0.1) is 24.8 Å². The molecule has 1 fully saturated rings. The van der Waals surface area contributed by atoms with E-state index in [1.165, 1.54) is 4.68 Å². The number of rotatable bonds is 6. The highest BCUT2D eigenvalue weighted by atomic mass is 16.5. The Kier molecular flexibility index (Phi) is 6.49. The smallest absolute Gasteiger partial charge is 0.296 e. The zero-order chi connectivity index (χ0) is 24.6. The Bertz CT molecular complexity index is 1230. The van der Waals surface area contributed by atoms with Crippen LogP contribution in [0.3, 0.4) is 0 Å². The number of imidazole rings is 1. The number of ether oxygens (including phenoxy) is 2. The van der Waals surface area contributed by atoms with Gasteiger partial charge in [-0.2, -0.15) is 4.98 Å². The van der Waals surface area contributed by atoms with Crippen LogP contribution in [0.4, 0.5) is 0 Å². The molecule has 1 aliphatic rings. The predicted molar refractivity (Wildman–Crippen MR) is 127 cm³/mol. The molecule has 0 spiro atoms. The number of carbonyl (C=O) groups is 2. The summed E-state index contributed by atoms with van der Waals surface area (Å²) < 4.78 is 14.1. The summed E-state index contributed by atoms with van der Waals surface area (Å²) in [5.74, 6) is 0.323. The molecule has 0 bridgehead atoms. The Morgan fingerprint density at radius 1 is 1.24 bits per heavy atom. The number of hydrogen-bond acceptors (Lipinski definition) is 6. The van der Waals surface area contributed by atoms with Gasteiger partial charge in [-0.05, 0) is 43.9 Å². The van der Waals surface area contributed by atoms with Gasteiger partial charge in [0, 0.05) is 44.9 Å². The van der Waals surface area contributed by atoms with Gasteiger partial charge >= 0.3 is 0 Å². The van der Waals surface area contributed by atoms with Crippen molar-refractivity contribution in [1.82, 2.24) is 29.5 Å². The summed E-state index contributed by atoms with van der Waals surface area (Å²) in [6, 6.07) is 5.88. The number of aromatic nitrogens is 4. The molecule has 1 aliphatic heterocycles. The number of fused-ring (bicyclic) bond motifs is 1. The lowest BCUT2D eigenvalue weighted by Gasteiger charge is -2.37. The summed E-state index contributed by atoms with van der Waals surface area (Å²) in [5, 5.41) is 7.32. The van der Waals surface area contributed by atoms with E-state index in [1.54, 1.807) is 20.2 Å². The van der Waals surface area contributed by atoms with Crippen molar-refractivity contribution in [2.24, 2.45) is 20.0 Å². The second-order valence-corrected chi connectivity index (χ2v) is 8.84. The Hall–Kier alpha value is -3.56. The summed E-state index contributed by atoms with van der Waals surface area (Å²) in [7, 11) is 5.18. The molecule has 0 radical (unpaired) electrons. The van der Waals surface area contributed by atoms with Crippen molar-refractivity contribution in [1.29, 1.82) is 0 Å². The van der Waals surface area contributed by atoms with Crippen LogP contribution in [0.25, 0.3) is 11.0 Å². The van der Waals surface area contributed by atoms with Gasteiger partial charge in [-0.25, -0.2) is 0 Å². The molecule has 10 nitrogen and oxygen atoms in total. The van der Waals surface area contributed by atoms with E-state index in [0.717, 1.165) is 16.6 Å². The first-order valence-electron chi connectivity index (χ1n) is 11.5. The number of methoxy groups -OCH3 is 1. The summed E-state index contributed by atoms with van der Waals surface area (Å²) in [5.41, 5.74) is 3.69. The number of aryl methyl sites for hydroxylation is 3. The van der Waals surface area contributed by atoms with Crippen LogP contribution in [0, 0.1) is 12.8 Å². The van der Waals surface area contributed by atoms with Gasteiger partial charge < -0.3 is 19.7 Å². The molecule has 1 saturated heterocycles. The first-order valence-corrected chi connectivity index (χ1v) is 11.5. The molecule has 2 aromatic heterocycles. The van der Waals surface area contributed by atoms with Crippen molar-refractivity contribution in [3.63, 3.8) is 0 Å². The molecule has 2 amide bonds. The maximum atomic E-state index is 13.3. The van der Waals surface area contributed by atoms with Crippen LogP contribution in [0.1, 0.15) is 46.7 Å². The monoisotopic (exact) mass is 468 g/mol. The van der Waals surface area contributed by atoms with Gasteiger partial charge in [0.2, 0.25) is 5.88 Å². The van der Waals surface area contributed by atoms with Gasteiger partial charge in [-0.3, -0.25) is 18.8 Å². The molecule has 0 saturated carbocycles. The SMILES string of the molecule is CCOc1cc(C(=O)N[C@@H]2CCN(C(=O)c3cc(C)c4nc(OC)n(C)c4c3)C[C@@H]2C)n(C)n1. The van der Waals surface area contributed by atoms with Crippen LogP contribution in [0.15, 0.2) is 18.2 Å². The molecule has 2 atom stereocenters. The van der Waals surface area contributed by atoms with E-state index >= 15 is 0 Å². The highest BCUT2D eigenvalue weighted by molar-refractivity contribution is 5.98. The number of likely N-dealkylation sites (tertiary alicyclic amines) is 1. The van der Waals surface area contributed by atoms with Crippen molar-refractivity contribution < 1.29 is 19.1 Å². The van der Waals surface area contributed by atoms with E-state index in [9.17, 15) is 9.59 Å². The lowest BCUT2D eigenvalue weighted by Crippen LogP contribution is -2.51. The van der Waals surface area contributed by atoms with E-state index < -0.39 is 0 Å². The molecule has 3 aromatic rings. The van der Waals surface area contributed by atoms with Crippen LogP contribution >= 0.6 is 0 Å². The quantitative estimate of drug-likeness (QED) is 0.596. The normalized spacial score (nSPS) is 18.2. The first-order chi connectivity index (χ1) is 16.2. The third kappa shape index (κ3) is 4.32. The van der Waals surface area contributed by atoms with Crippen molar-refractivity contribution in [2.45, 2.75) is 33.2 Å². The van der Waals surface area contributed by atoms with Crippen molar-refractivity contribution in [3.8, 4) is 11.9 Å². The van der Waals surface area contributed by atoms with E-state index in [-0.39, 0.29) is 23.8 Å². The fourth-order valence-electron chi connectivity index (χ4n) is 4.58. The Morgan fingerprint density at radius 3 is 2.68 bits per heavy atom. The number of hydrogen-bond donors (Lipinski definition) is 1. The topological polar surface area (TPSA) is 104 Å². The maximum Gasteiger partial charge on any atom is 0.296 e. The number of amides is 2. The highest BCUT2D eigenvalue weighted by Crippen LogP contribution is 2.26. The van der Waals surface area contributed by atoms with Gasteiger partial charge in [0.25, 0.3) is 17.8 Å². The largest absolute Gasteiger partial charge is 0.477 e. The van der Waals surface area contributed by atoms with Gasteiger partial charge in [-0.15, -0.1) is 5.10 Å². The molecule has 0 aliphatic carbocycles. The maximum absolute atomic E-state index is 13.3.